The van der Waals surface area contributed by atoms with Crippen molar-refractivity contribution in [1.29, 1.82) is 0 Å². The Morgan fingerprint density at radius 3 is 3.25 bits per heavy atom. The number of thiazole rings is 1. The lowest BCUT2D eigenvalue weighted by atomic mass is 10.3. The topological polar surface area (TPSA) is 34.1 Å². The Kier molecular flexibility index (Phi) is 2.48. The zero-order chi connectivity index (χ0) is 8.39. The lowest BCUT2D eigenvalue weighted by molar-refractivity contribution is 0.229. The third-order valence-electron chi connectivity index (χ3n) is 1.75. The number of rotatable bonds is 2. The highest BCUT2D eigenvalue weighted by Gasteiger charge is 2.16. The van der Waals surface area contributed by atoms with Crippen LogP contribution in [0.1, 0.15) is 6.42 Å². The van der Waals surface area contributed by atoms with Gasteiger partial charge in [-0.25, -0.2) is 4.98 Å². The second kappa shape index (κ2) is 3.60. The third-order valence-corrected chi connectivity index (χ3v) is 2.76. The van der Waals surface area contributed by atoms with Crippen LogP contribution >= 0.6 is 22.9 Å². The molecule has 1 aromatic rings. The van der Waals surface area contributed by atoms with Crippen LogP contribution < -0.4 is 10.1 Å². The fourth-order valence-electron chi connectivity index (χ4n) is 1.19. The van der Waals surface area contributed by atoms with E-state index in [1.54, 1.807) is 6.20 Å². The molecule has 0 aliphatic carbocycles. The van der Waals surface area contributed by atoms with Gasteiger partial charge in [0, 0.05) is 6.54 Å². The maximum atomic E-state index is 5.66. The maximum absolute atomic E-state index is 5.66. The molecule has 2 heterocycles. The van der Waals surface area contributed by atoms with Gasteiger partial charge < -0.3 is 10.1 Å². The second-order valence-electron chi connectivity index (χ2n) is 2.66. The summed E-state index contributed by atoms with van der Waals surface area (Å²) in [5, 5.41) is 4.04. The van der Waals surface area contributed by atoms with Crippen LogP contribution in [-0.4, -0.2) is 24.2 Å². The summed E-state index contributed by atoms with van der Waals surface area (Å²) in [6, 6.07) is 0. The molecule has 66 valence electrons. The highest BCUT2D eigenvalue weighted by atomic mass is 35.5. The summed E-state index contributed by atoms with van der Waals surface area (Å²) in [5.74, 6) is 0. The predicted molar refractivity (Wildman–Crippen MR) is 49.0 cm³/mol. The molecule has 1 aromatic heterocycles. The molecule has 1 atom stereocenters. The predicted octanol–water partition coefficient (Wildman–Crippen LogP) is 1.54. The number of aromatic nitrogens is 1. The van der Waals surface area contributed by atoms with Crippen molar-refractivity contribution in [3.63, 3.8) is 0 Å². The van der Waals surface area contributed by atoms with Gasteiger partial charge >= 0.3 is 0 Å². The Hall–Kier alpha value is -0.320. The Bertz CT molecular complexity index is 260. The summed E-state index contributed by atoms with van der Waals surface area (Å²) in [4.78, 5) is 3.90. The first kappa shape index (κ1) is 8.29. The van der Waals surface area contributed by atoms with Crippen molar-refractivity contribution in [2.45, 2.75) is 12.5 Å². The highest BCUT2D eigenvalue weighted by Crippen LogP contribution is 2.26. The number of ether oxygens (including phenoxy) is 1. The van der Waals surface area contributed by atoms with Crippen LogP contribution in [0.3, 0.4) is 0 Å². The number of halogens is 1. The summed E-state index contributed by atoms with van der Waals surface area (Å²) in [7, 11) is 0. The molecule has 0 spiro atoms. The van der Waals surface area contributed by atoms with Gasteiger partial charge in [-0.3, -0.25) is 0 Å². The molecule has 0 saturated carbocycles. The van der Waals surface area contributed by atoms with E-state index in [2.05, 4.69) is 10.3 Å². The van der Waals surface area contributed by atoms with E-state index < -0.39 is 0 Å². The first-order chi connectivity index (χ1) is 5.84. The molecular weight excluding hydrogens is 196 g/mol. The molecular formula is C7H9ClN2OS. The van der Waals surface area contributed by atoms with Crippen LogP contribution in [-0.2, 0) is 0 Å². The molecule has 0 radical (unpaired) electrons. The molecule has 2 rings (SSSR count). The summed E-state index contributed by atoms with van der Waals surface area (Å²) < 4.78 is 6.14. The molecule has 1 unspecified atom stereocenters. The molecule has 12 heavy (non-hydrogen) atoms. The zero-order valence-corrected chi connectivity index (χ0v) is 7.99. The zero-order valence-electron chi connectivity index (χ0n) is 6.42. The van der Waals surface area contributed by atoms with E-state index in [9.17, 15) is 0 Å². The van der Waals surface area contributed by atoms with Crippen molar-refractivity contribution in [3.8, 4) is 5.06 Å². The summed E-state index contributed by atoms with van der Waals surface area (Å²) in [5.41, 5.74) is 0. The van der Waals surface area contributed by atoms with E-state index in [0.717, 1.165) is 24.6 Å². The van der Waals surface area contributed by atoms with Crippen LogP contribution in [0.15, 0.2) is 6.20 Å². The normalized spacial score (nSPS) is 22.9. The van der Waals surface area contributed by atoms with Gasteiger partial charge in [0.2, 0.25) is 0 Å². The Labute approximate surface area is 79.7 Å². The first-order valence-electron chi connectivity index (χ1n) is 3.83. The number of nitrogens with one attached hydrogen (secondary N) is 1. The first-order valence-corrected chi connectivity index (χ1v) is 5.03. The van der Waals surface area contributed by atoms with Crippen LogP contribution in [0.25, 0.3) is 0 Å². The highest BCUT2D eigenvalue weighted by molar-refractivity contribution is 7.17. The average molecular weight is 205 g/mol. The van der Waals surface area contributed by atoms with Gasteiger partial charge in [-0.1, -0.05) is 22.9 Å². The van der Waals surface area contributed by atoms with Crippen molar-refractivity contribution in [2.75, 3.05) is 13.1 Å². The molecule has 0 aromatic carbocycles. The van der Waals surface area contributed by atoms with E-state index in [1.165, 1.54) is 11.3 Å². The Morgan fingerprint density at radius 2 is 2.67 bits per heavy atom. The maximum Gasteiger partial charge on any atom is 0.195 e. The minimum absolute atomic E-state index is 0.293. The molecule has 0 amide bonds. The lowest BCUT2D eigenvalue weighted by Gasteiger charge is -2.08. The van der Waals surface area contributed by atoms with Gasteiger partial charge in [-0.2, -0.15) is 0 Å². The quantitative estimate of drug-likeness (QED) is 0.794. The smallest absolute Gasteiger partial charge is 0.195 e. The van der Waals surface area contributed by atoms with Crippen molar-refractivity contribution in [1.82, 2.24) is 10.3 Å². The van der Waals surface area contributed by atoms with Gasteiger partial charge in [0.05, 0.1) is 6.20 Å². The molecule has 1 aliphatic rings. The van der Waals surface area contributed by atoms with E-state index in [0.29, 0.717) is 10.6 Å². The van der Waals surface area contributed by atoms with E-state index in [4.69, 9.17) is 16.3 Å². The van der Waals surface area contributed by atoms with Gasteiger partial charge in [-0.05, 0) is 13.0 Å². The molecule has 1 fully saturated rings. The fourth-order valence-corrected chi connectivity index (χ4v) is 2.02. The van der Waals surface area contributed by atoms with Gasteiger partial charge in [0.1, 0.15) is 6.10 Å². The summed E-state index contributed by atoms with van der Waals surface area (Å²) in [6.07, 6.45) is 3.03. The minimum Gasteiger partial charge on any atom is -0.478 e. The molecule has 5 heteroatoms. The van der Waals surface area contributed by atoms with Gasteiger partial charge in [0.15, 0.2) is 9.53 Å². The standard InChI is InChI=1S/C7H9ClN2OS/c8-7-10-4-6(12-7)11-5-1-2-9-3-5/h4-5,9H,1-3H2. The number of nitrogens with zero attached hydrogens (tertiary/aromatic N) is 1. The second-order valence-corrected chi connectivity index (χ2v) is 4.24. The largest absolute Gasteiger partial charge is 0.478 e. The lowest BCUT2D eigenvalue weighted by Crippen LogP contribution is -2.18. The molecule has 1 aliphatic heterocycles. The number of hydrogen-bond acceptors (Lipinski definition) is 4. The van der Waals surface area contributed by atoms with Crippen molar-refractivity contribution < 1.29 is 4.74 Å². The summed E-state index contributed by atoms with van der Waals surface area (Å²) >= 11 is 7.04. The van der Waals surface area contributed by atoms with E-state index in [-0.39, 0.29) is 0 Å². The molecule has 0 bridgehead atoms. The number of hydrogen-bond donors (Lipinski definition) is 1. The summed E-state index contributed by atoms with van der Waals surface area (Å²) in [6.45, 7) is 1.97. The Morgan fingerprint density at radius 1 is 1.75 bits per heavy atom. The minimum atomic E-state index is 0.293. The van der Waals surface area contributed by atoms with Crippen LogP contribution in [0.4, 0.5) is 0 Å². The van der Waals surface area contributed by atoms with Gasteiger partial charge in [-0.15, -0.1) is 0 Å². The molecule has 3 nitrogen and oxygen atoms in total. The molecule has 1 N–H and O–H groups in total. The third kappa shape index (κ3) is 1.88. The van der Waals surface area contributed by atoms with Crippen molar-refractivity contribution >= 4 is 22.9 Å². The fraction of sp³-hybridized carbons (Fsp3) is 0.571. The van der Waals surface area contributed by atoms with Gasteiger partial charge in [0.25, 0.3) is 0 Å². The monoisotopic (exact) mass is 204 g/mol. The van der Waals surface area contributed by atoms with Crippen LogP contribution in [0.5, 0.6) is 5.06 Å². The SMILES string of the molecule is Clc1ncc(OC2CCNC2)s1. The van der Waals surface area contributed by atoms with Crippen molar-refractivity contribution in [2.24, 2.45) is 0 Å². The van der Waals surface area contributed by atoms with Crippen LogP contribution in [0, 0.1) is 0 Å². The van der Waals surface area contributed by atoms with E-state index in [1.807, 2.05) is 0 Å². The van der Waals surface area contributed by atoms with Crippen LogP contribution in [0.2, 0.25) is 4.47 Å². The molecule has 1 saturated heterocycles. The average Bonchev–Trinajstić information content (AvgIpc) is 2.63. The van der Waals surface area contributed by atoms with Crippen molar-refractivity contribution in [3.05, 3.63) is 10.7 Å². The Balaban J connectivity index is 1.94. The van der Waals surface area contributed by atoms with E-state index >= 15 is 0 Å².